The molecule has 0 radical (unpaired) electrons. The van der Waals surface area contributed by atoms with Gasteiger partial charge in [-0.25, -0.2) is 0 Å². The van der Waals surface area contributed by atoms with Crippen LogP contribution >= 0.6 is 11.8 Å². The number of allylic oxidation sites excluding steroid dienone is 1. The molecule has 5 rings (SSSR count). The number of carbonyl (C=O) groups is 1. The van der Waals surface area contributed by atoms with Crippen molar-refractivity contribution in [2.75, 3.05) is 12.8 Å². The molecule has 2 N–H and O–H groups in total. The summed E-state index contributed by atoms with van der Waals surface area (Å²) in [6.07, 6.45) is 9.98. The highest BCUT2D eigenvalue weighted by atomic mass is 32.2. The van der Waals surface area contributed by atoms with Crippen LogP contribution in [0.25, 0.3) is 10.9 Å². The number of hydrogen-bond acceptors (Lipinski definition) is 3. The average molecular weight is 383 g/mol. The van der Waals surface area contributed by atoms with Gasteiger partial charge in [-0.15, -0.1) is 11.8 Å². The number of H-pyrrole nitrogens is 1. The van der Waals surface area contributed by atoms with Crippen molar-refractivity contribution in [3.63, 3.8) is 0 Å². The Morgan fingerprint density at radius 2 is 2.07 bits per heavy atom. The summed E-state index contributed by atoms with van der Waals surface area (Å²) in [7, 11) is 1.53. The first-order valence-corrected chi connectivity index (χ1v) is 10.8. The maximum absolute atomic E-state index is 12.1. The molecule has 0 unspecified atom stereocenters. The van der Waals surface area contributed by atoms with Crippen LogP contribution < -0.4 is 10.9 Å². The monoisotopic (exact) mass is 382 g/mol. The van der Waals surface area contributed by atoms with Gasteiger partial charge in [0.25, 0.3) is 11.5 Å². The van der Waals surface area contributed by atoms with Crippen molar-refractivity contribution in [1.82, 2.24) is 10.3 Å². The minimum atomic E-state index is -0.347. The molecule has 27 heavy (non-hydrogen) atoms. The first-order chi connectivity index (χ1) is 13.1. The van der Waals surface area contributed by atoms with E-state index < -0.39 is 0 Å². The number of fused-ring (bicyclic) bond motifs is 3. The maximum Gasteiger partial charge on any atom is 0.261 e. The molecule has 1 aliphatic heterocycles. The van der Waals surface area contributed by atoms with Gasteiger partial charge in [-0.3, -0.25) is 9.59 Å². The van der Waals surface area contributed by atoms with E-state index in [0.29, 0.717) is 5.41 Å². The minimum absolute atomic E-state index is 0.169. The number of aromatic amines is 1. The molecule has 2 fully saturated rings. The van der Waals surface area contributed by atoms with Crippen LogP contribution in [-0.2, 0) is 5.41 Å². The lowest BCUT2D eigenvalue weighted by Crippen LogP contribution is -2.26. The molecule has 1 aromatic heterocycles. The molecule has 4 nitrogen and oxygen atoms in total. The Kier molecular flexibility index (Phi) is 5.13. The van der Waals surface area contributed by atoms with Crippen LogP contribution in [0, 0.1) is 5.92 Å². The lowest BCUT2D eigenvalue weighted by Gasteiger charge is -2.27. The number of thioether (sulfide) groups is 1. The van der Waals surface area contributed by atoms with Crippen LogP contribution in [-0.4, -0.2) is 23.7 Å². The van der Waals surface area contributed by atoms with E-state index in [1.54, 1.807) is 6.07 Å². The highest BCUT2D eigenvalue weighted by Crippen LogP contribution is 2.55. The summed E-state index contributed by atoms with van der Waals surface area (Å²) in [5.41, 5.74) is 2.36. The van der Waals surface area contributed by atoms with E-state index in [2.05, 4.69) is 33.9 Å². The van der Waals surface area contributed by atoms with Gasteiger partial charge >= 0.3 is 0 Å². The Bertz CT molecular complexity index is 933. The van der Waals surface area contributed by atoms with Crippen molar-refractivity contribution < 1.29 is 4.79 Å². The Morgan fingerprint density at radius 1 is 1.26 bits per heavy atom. The van der Waals surface area contributed by atoms with Crippen LogP contribution in [0.15, 0.2) is 40.5 Å². The number of amides is 1. The zero-order valence-electron chi connectivity index (χ0n) is 15.7. The molecule has 2 bridgehead atoms. The fourth-order valence-corrected chi connectivity index (χ4v) is 5.45. The molecule has 2 aromatic rings. The molecule has 2 saturated carbocycles. The normalized spacial score (nSPS) is 25.4. The van der Waals surface area contributed by atoms with Gasteiger partial charge in [-0.05, 0) is 78.3 Å². The lowest BCUT2D eigenvalue weighted by molar-refractivity contribution is 0.0962. The fourth-order valence-electron chi connectivity index (χ4n) is 4.77. The first kappa shape index (κ1) is 18.4. The Balaban J connectivity index is 0.000000314. The maximum atomic E-state index is 12.1. The second-order valence-electron chi connectivity index (χ2n) is 7.85. The van der Waals surface area contributed by atoms with E-state index in [1.165, 1.54) is 56.9 Å². The number of hydrogen-bond donors (Lipinski definition) is 2. The van der Waals surface area contributed by atoms with Gasteiger partial charge in [-0.1, -0.05) is 18.2 Å². The Morgan fingerprint density at radius 3 is 2.63 bits per heavy atom. The van der Waals surface area contributed by atoms with E-state index in [9.17, 15) is 9.59 Å². The zero-order valence-corrected chi connectivity index (χ0v) is 16.5. The number of pyridine rings is 1. The zero-order chi connectivity index (χ0) is 18.9. The molecule has 0 spiro atoms. The number of aromatic nitrogens is 1. The third-order valence-corrected chi connectivity index (χ3v) is 7.12. The standard InChI is InChI=1S/C18H20N2O2.C4H6S/c1-19-16(21)14-8-12-2-3-13(9-15(12)20-17(14)22)18-6-4-11(10-18)5-7-18;1-2-4-5-3-1/h2-3,8-9,11H,4-7,10H2,1H3,(H,19,21)(H,20,22);1,3H,2,4H2. The van der Waals surface area contributed by atoms with Gasteiger partial charge in [-0.2, -0.15) is 0 Å². The molecule has 2 aliphatic carbocycles. The third-order valence-electron chi connectivity index (χ3n) is 6.27. The van der Waals surface area contributed by atoms with Gasteiger partial charge in [0.1, 0.15) is 5.56 Å². The predicted octanol–water partition coefficient (Wildman–Crippen LogP) is 4.36. The Labute approximate surface area is 163 Å². The Hall–Kier alpha value is -2.01. The molecule has 3 aliphatic rings. The molecular formula is C22H26N2O2S. The molecule has 0 atom stereocenters. The van der Waals surface area contributed by atoms with Gasteiger partial charge in [0.15, 0.2) is 0 Å². The van der Waals surface area contributed by atoms with Crippen molar-refractivity contribution in [3.05, 3.63) is 57.2 Å². The largest absolute Gasteiger partial charge is 0.355 e. The van der Waals surface area contributed by atoms with E-state index in [4.69, 9.17) is 0 Å². The molecule has 142 valence electrons. The molecule has 0 saturated heterocycles. The summed E-state index contributed by atoms with van der Waals surface area (Å²) in [4.78, 5) is 26.7. The van der Waals surface area contributed by atoms with Gasteiger partial charge in [0.05, 0.1) is 0 Å². The van der Waals surface area contributed by atoms with Crippen molar-refractivity contribution in [1.29, 1.82) is 0 Å². The second-order valence-corrected chi connectivity index (χ2v) is 8.87. The van der Waals surface area contributed by atoms with Crippen LogP contribution in [0.2, 0.25) is 0 Å². The van der Waals surface area contributed by atoms with Gasteiger partial charge in [0.2, 0.25) is 0 Å². The fraction of sp³-hybridized carbons (Fsp3) is 0.455. The summed E-state index contributed by atoms with van der Waals surface area (Å²) in [6, 6.07) is 8.02. The number of nitrogens with one attached hydrogen (secondary N) is 2. The van der Waals surface area contributed by atoms with Gasteiger partial charge < -0.3 is 10.3 Å². The van der Waals surface area contributed by atoms with Gasteiger partial charge in [0, 0.05) is 18.3 Å². The molecule has 1 aromatic carbocycles. The van der Waals surface area contributed by atoms with Crippen molar-refractivity contribution in [2.24, 2.45) is 5.92 Å². The van der Waals surface area contributed by atoms with Crippen LogP contribution in [0.1, 0.15) is 54.4 Å². The first-order valence-electron chi connectivity index (χ1n) is 9.77. The second kappa shape index (κ2) is 7.55. The number of rotatable bonds is 2. The summed E-state index contributed by atoms with van der Waals surface area (Å²) in [5.74, 6) is 1.85. The lowest BCUT2D eigenvalue weighted by atomic mass is 9.77. The summed E-state index contributed by atoms with van der Waals surface area (Å²) < 4.78 is 0. The van der Waals surface area contributed by atoms with Crippen molar-refractivity contribution in [2.45, 2.75) is 43.9 Å². The molecular weight excluding hydrogens is 356 g/mol. The quantitative estimate of drug-likeness (QED) is 0.811. The summed E-state index contributed by atoms with van der Waals surface area (Å²) in [5, 5.41) is 5.57. The van der Waals surface area contributed by atoms with E-state index >= 15 is 0 Å². The van der Waals surface area contributed by atoms with Crippen LogP contribution in [0.5, 0.6) is 0 Å². The van der Waals surface area contributed by atoms with Crippen molar-refractivity contribution in [3.8, 4) is 0 Å². The molecule has 2 heterocycles. The minimum Gasteiger partial charge on any atom is -0.355 e. The highest BCUT2D eigenvalue weighted by molar-refractivity contribution is 8.02. The average Bonchev–Trinajstić information content (AvgIpc) is 3.46. The SMILES string of the molecule is C1=CSCC1.CNC(=O)c1cc2ccc(C34CCC(CC3)C4)cc2[nH]c1=O. The summed E-state index contributed by atoms with van der Waals surface area (Å²) in [6.45, 7) is 0. The third kappa shape index (κ3) is 3.57. The van der Waals surface area contributed by atoms with Crippen LogP contribution in [0.4, 0.5) is 0 Å². The molecule has 1 amide bonds. The van der Waals surface area contributed by atoms with E-state index in [0.717, 1.165) is 16.8 Å². The highest BCUT2D eigenvalue weighted by Gasteiger charge is 2.45. The van der Waals surface area contributed by atoms with E-state index in [-0.39, 0.29) is 17.0 Å². The summed E-state index contributed by atoms with van der Waals surface area (Å²) >= 11 is 1.89. The predicted molar refractivity (Wildman–Crippen MR) is 112 cm³/mol. The smallest absolute Gasteiger partial charge is 0.261 e. The van der Waals surface area contributed by atoms with E-state index in [1.807, 2.05) is 17.8 Å². The number of carbonyl (C=O) groups excluding carboxylic acids is 1. The van der Waals surface area contributed by atoms with Crippen molar-refractivity contribution >= 4 is 28.6 Å². The number of benzene rings is 1. The van der Waals surface area contributed by atoms with Crippen LogP contribution in [0.3, 0.4) is 0 Å². The molecule has 5 heteroatoms. The topological polar surface area (TPSA) is 62.0 Å².